The molecule has 3 aliphatic rings. The van der Waals surface area contributed by atoms with Gasteiger partial charge in [-0.25, -0.2) is 13.2 Å². The second-order valence-electron chi connectivity index (χ2n) is 7.25. The molecule has 2 unspecified atom stereocenters. The van der Waals surface area contributed by atoms with Gasteiger partial charge in [-0.3, -0.25) is 13.9 Å². The maximum atomic E-state index is 13.2. The van der Waals surface area contributed by atoms with E-state index in [2.05, 4.69) is 0 Å². The molecule has 26 heavy (non-hydrogen) atoms. The zero-order valence-electron chi connectivity index (χ0n) is 15.0. The summed E-state index contributed by atoms with van der Waals surface area (Å²) in [4.78, 5) is 26.3. The van der Waals surface area contributed by atoms with Gasteiger partial charge in [-0.05, 0) is 31.0 Å². The third-order valence-electron chi connectivity index (χ3n) is 5.81. The summed E-state index contributed by atoms with van der Waals surface area (Å²) < 4.78 is 30.8. The van der Waals surface area contributed by atoms with Gasteiger partial charge in [0.15, 0.2) is 0 Å². The van der Waals surface area contributed by atoms with E-state index in [1.807, 2.05) is 0 Å². The molecule has 2 aromatic rings. The Bertz CT molecular complexity index is 1070. The minimum absolute atomic E-state index is 0.0276. The molecule has 0 saturated carbocycles. The van der Waals surface area contributed by atoms with E-state index in [1.54, 1.807) is 38.2 Å². The van der Waals surface area contributed by atoms with Crippen molar-refractivity contribution in [2.75, 3.05) is 20.1 Å². The molecule has 0 spiro atoms. The standard InChI is InChI=1S/C17H22N4O4S/c1-18-12-5-4-11(16(18)22)9-21(10-12)26(24,25)13-6-7-14-15(8-13)20(3)17(23)19(14)2/h6-8,11-12H,4-5,9-10H2,1-3H3. The first-order chi connectivity index (χ1) is 12.2. The molecular formula is C17H22N4O4S. The quantitative estimate of drug-likeness (QED) is 0.743. The molecule has 140 valence electrons. The fourth-order valence-corrected chi connectivity index (χ4v) is 5.65. The van der Waals surface area contributed by atoms with Crippen LogP contribution >= 0.6 is 0 Å². The number of nitrogens with zero attached hydrogens (tertiary/aromatic N) is 4. The number of rotatable bonds is 2. The summed E-state index contributed by atoms with van der Waals surface area (Å²) in [7, 11) is 1.30. The van der Waals surface area contributed by atoms with E-state index in [0.717, 1.165) is 12.8 Å². The van der Waals surface area contributed by atoms with Gasteiger partial charge in [0.05, 0.1) is 21.8 Å². The second-order valence-corrected chi connectivity index (χ2v) is 9.19. The summed E-state index contributed by atoms with van der Waals surface area (Å²) in [5, 5.41) is 0. The van der Waals surface area contributed by atoms with Crippen molar-refractivity contribution in [2.24, 2.45) is 20.0 Å². The third-order valence-corrected chi connectivity index (χ3v) is 7.64. The predicted octanol–water partition coefficient (Wildman–Crippen LogP) is 0.118. The number of amides is 1. The van der Waals surface area contributed by atoms with Crippen LogP contribution < -0.4 is 5.69 Å². The van der Waals surface area contributed by atoms with E-state index in [0.29, 0.717) is 17.6 Å². The van der Waals surface area contributed by atoms with E-state index in [1.165, 1.54) is 19.5 Å². The number of imidazole rings is 1. The molecule has 5 rings (SSSR count). The van der Waals surface area contributed by atoms with Crippen molar-refractivity contribution >= 4 is 27.0 Å². The number of benzene rings is 1. The van der Waals surface area contributed by atoms with Crippen LogP contribution in [0, 0.1) is 5.92 Å². The maximum absolute atomic E-state index is 13.2. The Morgan fingerprint density at radius 2 is 1.65 bits per heavy atom. The Labute approximate surface area is 151 Å². The highest BCUT2D eigenvalue weighted by Gasteiger charge is 2.42. The van der Waals surface area contributed by atoms with Crippen molar-refractivity contribution in [1.29, 1.82) is 0 Å². The first-order valence-corrected chi connectivity index (χ1v) is 10.1. The van der Waals surface area contributed by atoms with Gasteiger partial charge in [-0.1, -0.05) is 0 Å². The molecule has 0 aliphatic carbocycles. The maximum Gasteiger partial charge on any atom is 0.328 e. The highest BCUT2D eigenvalue weighted by atomic mass is 32.2. The van der Waals surface area contributed by atoms with Crippen molar-refractivity contribution in [1.82, 2.24) is 18.3 Å². The molecule has 9 heteroatoms. The van der Waals surface area contributed by atoms with Gasteiger partial charge in [0, 0.05) is 40.3 Å². The topological polar surface area (TPSA) is 84.6 Å². The summed E-state index contributed by atoms with van der Waals surface area (Å²) >= 11 is 0. The molecule has 0 radical (unpaired) electrons. The highest BCUT2D eigenvalue weighted by molar-refractivity contribution is 7.89. The molecule has 3 aliphatic heterocycles. The number of piperidine rings is 1. The van der Waals surface area contributed by atoms with E-state index in [9.17, 15) is 18.0 Å². The lowest BCUT2D eigenvalue weighted by molar-refractivity contribution is -0.138. The van der Waals surface area contributed by atoms with Crippen LogP contribution in [-0.2, 0) is 28.9 Å². The van der Waals surface area contributed by atoms with Crippen molar-refractivity contribution in [3.05, 3.63) is 28.7 Å². The average Bonchev–Trinajstić information content (AvgIpc) is 2.83. The lowest BCUT2D eigenvalue weighted by Crippen LogP contribution is -2.45. The van der Waals surface area contributed by atoms with Crippen LogP contribution in [0.3, 0.4) is 0 Å². The van der Waals surface area contributed by atoms with Gasteiger partial charge in [-0.2, -0.15) is 4.31 Å². The van der Waals surface area contributed by atoms with Crippen LogP contribution in [-0.4, -0.2) is 58.8 Å². The molecule has 4 heterocycles. The number of carbonyl (C=O) groups is 1. The summed E-state index contributed by atoms with van der Waals surface area (Å²) in [6, 6.07) is 4.66. The lowest BCUT2D eigenvalue weighted by atomic mass is 9.95. The Morgan fingerprint density at radius 3 is 2.38 bits per heavy atom. The zero-order chi connectivity index (χ0) is 18.8. The van der Waals surface area contributed by atoms with Crippen molar-refractivity contribution in [2.45, 2.75) is 23.8 Å². The van der Waals surface area contributed by atoms with Crippen molar-refractivity contribution in [3.63, 3.8) is 0 Å². The number of sulfonamides is 1. The number of aromatic nitrogens is 2. The first kappa shape index (κ1) is 17.3. The number of aryl methyl sites for hydroxylation is 2. The fraction of sp³-hybridized carbons (Fsp3) is 0.529. The van der Waals surface area contributed by atoms with E-state index >= 15 is 0 Å². The SMILES string of the molecule is CN1C(=O)C2CCC1CN(S(=O)(=O)c1ccc3c(c1)n(C)c(=O)n3C)C2. The number of fused-ring (bicyclic) bond motifs is 5. The Balaban J connectivity index is 1.77. The lowest BCUT2D eigenvalue weighted by Gasteiger charge is -2.32. The largest absolute Gasteiger partial charge is 0.341 e. The zero-order valence-corrected chi connectivity index (χ0v) is 15.9. The first-order valence-electron chi connectivity index (χ1n) is 8.64. The summed E-state index contributed by atoms with van der Waals surface area (Å²) in [5.41, 5.74) is 1.06. The summed E-state index contributed by atoms with van der Waals surface area (Å²) in [6.45, 7) is 0.528. The molecule has 1 aromatic carbocycles. The Hall–Kier alpha value is -2.13. The summed E-state index contributed by atoms with van der Waals surface area (Å²) in [5.74, 6) is -0.252. The van der Waals surface area contributed by atoms with E-state index < -0.39 is 10.0 Å². The third kappa shape index (κ3) is 2.34. The number of carbonyl (C=O) groups excluding carboxylic acids is 1. The normalized spacial score (nSPS) is 24.4. The van der Waals surface area contributed by atoms with Gasteiger partial charge in [0.2, 0.25) is 15.9 Å². The van der Waals surface area contributed by atoms with Crippen LogP contribution in [0.25, 0.3) is 11.0 Å². The van der Waals surface area contributed by atoms with Gasteiger partial charge in [0.25, 0.3) is 0 Å². The van der Waals surface area contributed by atoms with Crippen LogP contribution in [0.1, 0.15) is 12.8 Å². The van der Waals surface area contributed by atoms with Gasteiger partial charge in [-0.15, -0.1) is 0 Å². The van der Waals surface area contributed by atoms with Crippen LogP contribution in [0.5, 0.6) is 0 Å². The smallest absolute Gasteiger partial charge is 0.328 e. The average molecular weight is 378 g/mol. The number of likely N-dealkylation sites (N-methyl/N-ethyl adjacent to an activating group) is 1. The Morgan fingerprint density at radius 1 is 0.962 bits per heavy atom. The van der Waals surface area contributed by atoms with Crippen molar-refractivity contribution < 1.29 is 13.2 Å². The molecule has 3 fully saturated rings. The monoisotopic (exact) mass is 378 g/mol. The molecule has 1 aromatic heterocycles. The highest BCUT2D eigenvalue weighted by Crippen LogP contribution is 2.31. The predicted molar refractivity (Wildman–Crippen MR) is 96.2 cm³/mol. The van der Waals surface area contributed by atoms with Gasteiger partial charge >= 0.3 is 5.69 Å². The van der Waals surface area contributed by atoms with E-state index in [4.69, 9.17) is 0 Å². The second kappa shape index (κ2) is 5.68. The minimum atomic E-state index is -3.74. The molecule has 8 nitrogen and oxygen atoms in total. The summed E-state index contributed by atoms with van der Waals surface area (Å²) in [6.07, 6.45) is 1.55. The fourth-order valence-electron chi connectivity index (χ4n) is 4.11. The number of hydrogen-bond donors (Lipinski definition) is 0. The molecular weight excluding hydrogens is 356 g/mol. The van der Waals surface area contributed by atoms with Crippen LogP contribution in [0.4, 0.5) is 0 Å². The molecule has 0 N–H and O–H groups in total. The molecule has 2 bridgehead atoms. The number of hydrogen-bond acceptors (Lipinski definition) is 4. The molecule has 1 amide bonds. The Kier molecular flexibility index (Phi) is 3.78. The van der Waals surface area contributed by atoms with Crippen LogP contribution in [0.15, 0.2) is 27.9 Å². The minimum Gasteiger partial charge on any atom is -0.341 e. The van der Waals surface area contributed by atoms with Gasteiger partial charge in [0.1, 0.15) is 0 Å². The van der Waals surface area contributed by atoms with E-state index in [-0.39, 0.29) is 35.0 Å². The van der Waals surface area contributed by atoms with Gasteiger partial charge < -0.3 is 4.90 Å². The molecule has 3 saturated heterocycles. The van der Waals surface area contributed by atoms with Crippen molar-refractivity contribution in [3.8, 4) is 0 Å². The molecule has 2 atom stereocenters. The van der Waals surface area contributed by atoms with Crippen LogP contribution in [0.2, 0.25) is 0 Å².